The lowest BCUT2D eigenvalue weighted by Crippen LogP contribution is -2.21. The molecule has 0 fully saturated rings. The van der Waals surface area contributed by atoms with Crippen molar-refractivity contribution in [1.82, 2.24) is 10.2 Å². The standard InChI is InChI=1S/C23H18ClN3O5S/c1-2-30-23(29)19-18(14-6-4-3-5-7-14)20(24)33-22(19)26-17(28)12-31-16-10-8-15(9-11-16)21-27-25-13-32-21/h3-11,13H,2,12H2,1H3,(H,26,28). The van der Waals surface area contributed by atoms with Crippen LogP contribution in [0, 0.1) is 0 Å². The molecule has 0 unspecified atom stereocenters. The van der Waals surface area contributed by atoms with Gasteiger partial charge in [0.15, 0.2) is 6.61 Å². The molecule has 0 spiro atoms. The van der Waals surface area contributed by atoms with E-state index in [4.69, 9.17) is 25.5 Å². The normalized spacial score (nSPS) is 10.6. The van der Waals surface area contributed by atoms with Crippen molar-refractivity contribution in [2.24, 2.45) is 0 Å². The Balaban J connectivity index is 1.49. The minimum Gasteiger partial charge on any atom is -0.484 e. The number of hydrogen-bond donors (Lipinski definition) is 1. The molecule has 0 aliphatic heterocycles. The summed E-state index contributed by atoms with van der Waals surface area (Å²) in [6, 6.07) is 16.1. The Labute approximate surface area is 198 Å². The first-order valence-corrected chi connectivity index (χ1v) is 11.1. The molecule has 0 atom stereocenters. The Kier molecular flexibility index (Phi) is 7.01. The first-order chi connectivity index (χ1) is 16.1. The van der Waals surface area contributed by atoms with E-state index in [1.807, 2.05) is 30.3 Å². The van der Waals surface area contributed by atoms with E-state index < -0.39 is 11.9 Å². The summed E-state index contributed by atoms with van der Waals surface area (Å²) in [5.41, 5.74) is 2.22. The van der Waals surface area contributed by atoms with Crippen molar-refractivity contribution in [3.63, 3.8) is 0 Å². The van der Waals surface area contributed by atoms with E-state index in [2.05, 4.69) is 15.5 Å². The van der Waals surface area contributed by atoms with Crippen molar-refractivity contribution in [3.8, 4) is 28.3 Å². The maximum absolute atomic E-state index is 12.7. The molecule has 0 saturated heterocycles. The van der Waals surface area contributed by atoms with Crippen LogP contribution >= 0.6 is 22.9 Å². The fraction of sp³-hybridized carbons (Fsp3) is 0.130. The highest BCUT2D eigenvalue weighted by Crippen LogP contribution is 2.43. The van der Waals surface area contributed by atoms with Crippen LogP contribution in [0.3, 0.4) is 0 Å². The molecule has 0 aliphatic carbocycles. The Morgan fingerprint density at radius 1 is 1.09 bits per heavy atom. The highest BCUT2D eigenvalue weighted by Gasteiger charge is 2.26. The highest BCUT2D eigenvalue weighted by molar-refractivity contribution is 7.21. The van der Waals surface area contributed by atoms with Gasteiger partial charge < -0.3 is 19.2 Å². The van der Waals surface area contributed by atoms with Crippen molar-refractivity contribution >= 4 is 39.8 Å². The molecule has 0 bridgehead atoms. The number of thiophene rings is 1. The summed E-state index contributed by atoms with van der Waals surface area (Å²) in [4.78, 5) is 25.3. The van der Waals surface area contributed by atoms with E-state index in [1.165, 1.54) is 6.39 Å². The number of amides is 1. The number of aromatic nitrogens is 2. The van der Waals surface area contributed by atoms with Gasteiger partial charge in [0.2, 0.25) is 12.3 Å². The molecule has 0 aliphatic rings. The largest absolute Gasteiger partial charge is 0.484 e. The van der Waals surface area contributed by atoms with E-state index in [9.17, 15) is 9.59 Å². The lowest BCUT2D eigenvalue weighted by Gasteiger charge is -2.10. The number of halogens is 1. The van der Waals surface area contributed by atoms with Gasteiger partial charge in [-0.2, -0.15) is 0 Å². The SMILES string of the molecule is CCOC(=O)c1c(NC(=O)COc2ccc(-c3nnco3)cc2)sc(Cl)c1-c1ccccc1. The van der Waals surface area contributed by atoms with E-state index in [0.717, 1.165) is 22.5 Å². The number of rotatable bonds is 8. The monoisotopic (exact) mass is 483 g/mol. The van der Waals surface area contributed by atoms with Crippen LogP contribution in [0.1, 0.15) is 17.3 Å². The number of ether oxygens (including phenoxy) is 2. The molecule has 10 heteroatoms. The zero-order chi connectivity index (χ0) is 23.2. The summed E-state index contributed by atoms with van der Waals surface area (Å²) in [7, 11) is 0. The molecular weight excluding hydrogens is 466 g/mol. The molecule has 168 valence electrons. The van der Waals surface area contributed by atoms with Gasteiger partial charge in [-0.1, -0.05) is 41.9 Å². The minimum absolute atomic E-state index is 0.191. The molecule has 2 heterocycles. The quantitative estimate of drug-likeness (QED) is 0.338. The number of benzene rings is 2. The molecule has 1 N–H and O–H groups in total. The molecule has 4 rings (SSSR count). The van der Waals surface area contributed by atoms with Gasteiger partial charge in [0.25, 0.3) is 5.91 Å². The van der Waals surface area contributed by atoms with Gasteiger partial charge in [-0.05, 0) is 36.8 Å². The van der Waals surface area contributed by atoms with E-state index >= 15 is 0 Å². The van der Waals surface area contributed by atoms with E-state index in [0.29, 0.717) is 26.5 Å². The van der Waals surface area contributed by atoms with Crippen LogP contribution in [-0.4, -0.2) is 35.3 Å². The van der Waals surface area contributed by atoms with Gasteiger partial charge in [-0.3, -0.25) is 4.79 Å². The lowest BCUT2D eigenvalue weighted by atomic mass is 10.0. The zero-order valence-electron chi connectivity index (χ0n) is 17.4. The second kappa shape index (κ2) is 10.3. The minimum atomic E-state index is -0.563. The van der Waals surface area contributed by atoms with Crippen LogP contribution in [0.4, 0.5) is 5.00 Å². The summed E-state index contributed by atoms with van der Waals surface area (Å²) in [5.74, 6) is -0.144. The number of carbonyl (C=O) groups excluding carboxylic acids is 2. The highest BCUT2D eigenvalue weighted by atomic mass is 35.5. The average Bonchev–Trinajstić information content (AvgIpc) is 3.47. The number of carbonyl (C=O) groups is 2. The third kappa shape index (κ3) is 5.21. The molecule has 33 heavy (non-hydrogen) atoms. The summed E-state index contributed by atoms with van der Waals surface area (Å²) in [5, 5.41) is 10.5. The van der Waals surface area contributed by atoms with Gasteiger partial charge in [-0.15, -0.1) is 21.5 Å². The number of esters is 1. The molecule has 4 aromatic rings. The van der Waals surface area contributed by atoms with Crippen molar-refractivity contribution in [3.05, 3.63) is 70.9 Å². The number of nitrogens with one attached hydrogen (secondary N) is 1. The van der Waals surface area contributed by atoms with Crippen molar-refractivity contribution in [2.75, 3.05) is 18.5 Å². The van der Waals surface area contributed by atoms with E-state index in [-0.39, 0.29) is 18.8 Å². The molecule has 2 aromatic carbocycles. The maximum atomic E-state index is 12.7. The third-order valence-corrected chi connectivity index (χ3v) is 5.81. The van der Waals surface area contributed by atoms with Gasteiger partial charge >= 0.3 is 5.97 Å². The number of nitrogens with zero attached hydrogens (tertiary/aromatic N) is 2. The fourth-order valence-corrected chi connectivity index (χ4v) is 4.44. The smallest absolute Gasteiger partial charge is 0.341 e. The molecule has 1 amide bonds. The van der Waals surface area contributed by atoms with Crippen molar-refractivity contribution in [1.29, 1.82) is 0 Å². The fourth-order valence-electron chi connectivity index (χ4n) is 3.06. The predicted octanol–water partition coefficient (Wildman–Crippen LogP) is 5.31. The number of anilines is 1. The van der Waals surface area contributed by atoms with Gasteiger partial charge in [-0.25, -0.2) is 4.79 Å². The Morgan fingerprint density at radius 3 is 2.52 bits per heavy atom. The molecule has 8 nitrogen and oxygen atoms in total. The topological polar surface area (TPSA) is 104 Å². The Bertz CT molecular complexity index is 1240. The summed E-state index contributed by atoms with van der Waals surface area (Å²) in [6.07, 6.45) is 1.24. The summed E-state index contributed by atoms with van der Waals surface area (Å²) in [6.45, 7) is 1.64. The molecule has 0 saturated carbocycles. The summed E-state index contributed by atoms with van der Waals surface area (Å²) < 4.78 is 16.3. The lowest BCUT2D eigenvalue weighted by molar-refractivity contribution is -0.118. The van der Waals surface area contributed by atoms with Crippen LogP contribution in [-0.2, 0) is 9.53 Å². The summed E-state index contributed by atoms with van der Waals surface area (Å²) >= 11 is 7.55. The Morgan fingerprint density at radius 2 is 1.85 bits per heavy atom. The van der Waals surface area contributed by atoms with Gasteiger partial charge in [0, 0.05) is 11.1 Å². The predicted molar refractivity (Wildman–Crippen MR) is 125 cm³/mol. The second-order valence-electron chi connectivity index (χ2n) is 6.65. The van der Waals surface area contributed by atoms with Crippen molar-refractivity contribution < 1.29 is 23.5 Å². The maximum Gasteiger partial charge on any atom is 0.341 e. The van der Waals surface area contributed by atoms with Crippen molar-refractivity contribution in [2.45, 2.75) is 6.92 Å². The second-order valence-corrected chi connectivity index (χ2v) is 8.27. The first-order valence-electron chi connectivity index (χ1n) is 9.91. The third-order valence-electron chi connectivity index (χ3n) is 4.49. The van der Waals surface area contributed by atoms with Crippen LogP contribution in [0.25, 0.3) is 22.6 Å². The van der Waals surface area contributed by atoms with Crippen LogP contribution in [0.5, 0.6) is 5.75 Å². The first kappa shape index (κ1) is 22.5. The van der Waals surface area contributed by atoms with Gasteiger partial charge in [0.05, 0.1) is 6.61 Å². The molecular formula is C23H18ClN3O5S. The molecule has 0 radical (unpaired) electrons. The number of hydrogen-bond acceptors (Lipinski definition) is 8. The van der Waals surface area contributed by atoms with Crippen LogP contribution < -0.4 is 10.1 Å². The van der Waals surface area contributed by atoms with E-state index in [1.54, 1.807) is 31.2 Å². The zero-order valence-corrected chi connectivity index (χ0v) is 19.0. The average molecular weight is 484 g/mol. The van der Waals surface area contributed by atoms with Gasteiger partial charge in [0.1, 0.15) is 20.7 Å². The van der Waals surface area contributed by atoms with Crippen LogP contribution in [0.2, 0.25) is 4.34 Å². The molecule has 2 aromatic heterocycles. The Hall–Kier alpha value is -3.69. The van der Waals surface area contributed by atoms with Crippen LogP contribution in [0.15, 0.2) is 65.4 Å².